The second-order valence-electron chi connectivity index (χ2n) is 8.40. The average molecular weight is 504 g/mol. The van der Waals surface area contributed by atoms with Crippen molar-refractivity contribution in [2.24, 2.45) is 5.92 Å². The number of Topliss-reactive ketones (excluding diaryl/α,β-unsaturated/α-hetero) is 2. The monoisotopic (exact) mass is 503 g/mol. The van der Waals surface area contributed by atoms with Crippen LogP contribution in [-0.4, -0.2) is 82.5 Å². The molecule has 12 heteroatoms. The molecule has 10 nitrogen and oxygen atoms in total. The van der Waals surface area contributed by atoms with Gasteiger partial charge >= 0.3 is 0 Å². The van der Waals surface area contributed by atoms with Crippen molar-refractivity contribution in [3.63, 3.8) is 0 Å². The number of aliphatic hydroxyl groups is 7. The highest BCUT2D eigenvalue weighted by Gasteiger charge is 2.48. The number of aryl methyl sites for hydroxylation is 1. The van der Waals surface area contributed by atoms with E-state index >= 15 is 0 Å². The maximum Gasteiger partial charge on any atom is 0.254 e. The molecule has 0 bridgehead atoms. The van der Waals surface area contributed by atoms with Crippen LogP contribution < -0.4 is 0 Å². The van der Waals surface area contributed by atoms with E-state index in [4.69, 9.17) is 0 Å². The Kier molecular flexibility index (Phi) is 10.0. The van der Waals surface area contributed by atoms with Gasteiger partial charge in [-0.3, -0.25) is 9.59 Å². The molecule has 0 fully saturated rings. The summed E-state index contributed by atoms with van der Waals surface area (Å²) < 4.78 is 15.0. The summed E-state index contributed by atoms with van der Waals surface area (Å²) in [5, 5.41) is 72.5. The Morgan fingerprint density at radius 1 is 1.21 bits per heavy atom. The SMILES string of the molecule is Cc1nc(/C=C(\F)[C@@H]2C/C=C(/O)CCC[C@H](O)[C@H](O)[C@@H](O)C(=O)C(O)(O)[C@@H](O)CC(=O)C2)cs1. The van der Waals surface area contributed by atoms with Crippen molar-refractivity contribution >= 4 is 29.0 Å². The summed E-state index contributed by atoms with van der Waals surface area (Å²) >= 11 is 1.30. The maximum atomic E-state index is 15.0. The first-order valence-corrected chi connectivity index (χ1v) is 11.6. The Morgan fingerprint density at radius 2 is 1.88 bits per heavy atom. The smallest absolute Gasteiger partial charge is 0.254 e. The molecule has 0 unspecified atom stereocenters. The van der Waals surface area contributed by atoms with Crippen LogP contribution in [0.15, 0.2) is 23.0 Å². The molecule has 0 amide bonds. The zero-order chi connectivity index (χ0) is 25.6. The molecule has 0 saturated heterocycles. The van der Waals surface area contributed by atoms with Crippen LogP contribution in [0.1, 0.15) is 49.2 Å². The molecule has 1 aliphatic rings. The minimum Gasteiger partial charge on any atom is -0.513 e. The number of allylic oxidation sites excluding steroid dienone is 3. The van der Waals surface area contributed by atoms with Crippen LogP contribution in [0.2, 0.25) is 0 Å². The predicted molar refractivity (Wildman–Crippen MR) is 119 cm³/mol. The summed E-state index contributed by atoms with van der Waals surface area (Å²) in [6.45, 7) is 1.74. The molecule has 5 atom stereocenters. The van der Waals surface area contributed by atoms with Crippen molar-refractivity contribution in [1.82, 2.24) is 4.98 Å². The molecule has 0 spiro atoms. The number of ketones is 2. The Hall–Kier alpha value is -2.06. The van der Waals surface area contributed by atoms with Gasteiger partial charge in [-0.1, -0.05) is 0 Å². The number of hydrogen-bond donors (Lipinski definition) is 7. The zero-order valence-electron chi connectivity index (χ0n) is 18.5. The number of hydrogen-bond acceptors (Lipinski definition) is 11. The lowest BCUT2D eigenvalue weighted by atomic mass is 9.88. The molecule has 1 aliphatic carbocycles. The molecular weight excluding hydrogens is 473 g/mol. The summed E-state index contributed by atoms with van der Waals surface area (Å²) in [6, 6.07) is 0. The number of thiazole rings is 1. The van der Waals surface area contributed by atoms with E-state index in [1.54, 1.807) is 12.3 Å². The predicted octanol–water partition coefficient (Wildman–Crippen LogP) is 0.437. The van der Waals surface area contributed by atoms with E-state index in [0.717, 1.165) is 6.08 Å². The number of rotatable bonds is 2. The highest BCUT2D eigenvalue weighted by molar-refractivity contribution is 7.09. The van der Waals surface area contributed by atoms with Crippen molar-refractivity contribution in [2.75, 3.05) is 0 Å². The molecule has 0 saturated carbocycles. The third-order valence-electron chi connectivity index (χ3n) is 5.59. The number of aromatic nitrogens is 1. The molecule has 190 valence electrons. The van der Waals surface area contributed by atoms with E-state index in [0.29, 0.717) is 10.7 Å². The van der Waals surface area contributed by atoms with Crippen molar-refractivity contribution < 1.29 is 49.7 Å². The second-order valence-corrected chi connectivity index (χ2v) is 9.46. The molecule has 7 N–H and O–H groups in total. The molecule has 34 heavy (non-hydrogen) atoms. The number of carbonyl (C=O) groups is 2. The lowest BCUT2D eigenvalue weighted by Gasteiger charge is -2.30. The number of carbonyl (C=O) groups excluding carboxylic acids is 2. The summed E-state index contributed by atoms with van der Waals surface area (Å²) in [4.78, 5) is 28.9. The fourth-order valence-electron chi connectivity index (χ4n) is 3.51. The fourth-order valence-corrected chi connectivity index (χ4v) is 4.08. The van der Waals surface area contributed by atoms with Gasteiger partial charge in [-0.2, -0.15) is 0 Å². The van der Waals surface area contributed by atoms with E-state index in [1.807, 2.05) is 0 Å². The highest BCUT2D eigenvalue weighted by atomic mass is 32.1. The largest absolute Gasteiger partial charge is 0.513 e. The second kappa shape index (κ2) is 12.1. The number of aliphatic hydroxyl groups excluding tert-OH is 5. The first kappa shape index (κ1) is 28.2. The zero-order valence-corrected chi connectivity index (χ0v) is 19.4. The first-order chi connectivity index (χ1) is 15.8. The van der Waals surface area contributed by atoms with E-state index < -0.39 is 66.4 Å². The summed E-state index contributed by atoms with van der Waals surface area (Å²) in [6.07, 6.45) is -7.81. The Morgan fingerprint density at radius 3 is 2.50 bits per heavy atom. The Balaban J connectivity index is 2.33. The van der Waals surface area contributed by atoms with Crippen molar-refractivity contribution in [3.8, 4) is 0 Å². The molecule has 2 rings (SSSR count). The van der Waals surface area contributed by atoms with Crippen molar-refractivity contribution in [2.45, 2.75) is 75.7 Å². The van der Waals surface area contributed by atoms with Gasteiger partial charge in [-0.25, -0.2) is 9.37 Å². The van der Waals surface area contributed by atoms with E-state index in [2.05, 4.69) is 4.98 Å². The quantitative estimate of drug-likeness (QED) is 0.279. The van der Waals surface area contributed by atoms with Crippen LogP contribution in [0.3, 0.4) is 0 Å². The van der Waals surface area contributed by atoms with Gasteiger partial charge in [-0.05, 0) is 38.3 Å². The normalized spacial score (nSPS) is 32.3. The van der Waals surface area contributed by atoms with Gasteiger partial charge in [0.15, 0.2) is 0 Å². The number of nitrogens with zero attached hydrogens (tertiary/aromatic N) is 1. The third kappa shape index (κ3) is 7.47. The molecule has 1 aromatic heterocycles. The Bertz CT molecular complexity index is 929. The molecular formula is C22H30FNO9S. The third-order valence-corrected chi connectivity index (χ3v) is 6.38. The maximum absolute atomic E-state index is 15.0. The van der Waals surface area contributed by atoms with Crippen LogP contribution in [0.5, 0.6) is 0 Å². The molecule has 0 radical (unpaired) electrons. The van der Waals surface area contributed by atoms with E-state index in [9.17, 15) is 49.7 Å². The van der Waals surface area contributed by atoms with Gasteiger partial charge in [0.25, 0.3) is 5.79 Å². The van der Waals surface area contributed by atoms with Crippen LogP contribution in [-0.2, 0) is 9.59 Å². The lowest BCUT2D eigenvalue weighted by molar-refractivity contribution is -0.230. The van der Waals surface area contributed by atoms with Gasteiger partial charge in [0.2, 0.25) is 5.78 Å². The fraction of sp³-hybridized carbons (Fsp3) is 0.591. The number of halogens is 1. The van der Waals surface area contributed by atoms with Crippen molar-refractivity contribution in [1.29, 1.82) is 0 Å². The van der Waals surface area contributed by atoms with Gasteiger partial charge in [0.05, 0.1) is 22.6 Å². The van der Waals surface area contributed by atoms with Gasteiger partial charge in [-0.15, -0.1) is 11.3 Å². The average Bonchev–Trinajstić information content (AvgIpc) is 3.18. The van der Waals surface area contributed by atoms with Gasteiger partial charge < -0.3 is 35.7 Å². The summed E-state index contributed by atoms with van der Waals surface area (Å²) in [5.74, 6) is -8.18. The molecule has 1 heterocycles. The Labute approximate surface area is 199 Å². The van der Waals surface area contributed by atoms with E-state index in [1.165, 1.54) is 17.4 Å². The van der Waals surface area contributed by atoms with Crippen LogP contribution in [0, 0.1) is 12.8 Å². The van der Waals surface area contributed by atoms with Crippen LogP contribution >= 0.6 is 11.3 Å². The summed E-state index contributed by atoms with van der Waals surface area (Å²) in [7, 11) is 0. The molecule has 0 aliphatic heterocycles. The van der Waals surface area contributed by atoms with Gasteiger partial charge in [0, 0.05) is 30.6 Å². The van der Waals surface area contributed by atoms with E-state index in [-0.39, 0.29) is 31.4 Å². The van der Waals surface area contributed by atoms with Gasteiger partial charge in [0.1, 0.15) is 29.9 Å². The topological polar surface area (TPSA) is 189 Å². The highest BCUT2D eigenvalue weighted by Crippen LogP contribution is 2.28. The molecule has 0 aromatic carbocycles. The lowest BCUT2D eigenvalue weighted by Crippen LogP contribution is -2.58. The van der Waals surface area contributed by atoms with Crippen molar-refractivity contribution in [3.05, 3.63) is 33.7 Å². The summed E-state index contributed by atoms with van der Waals surface area (Å²) in [5.41, 5.74) is 0.338. The minimum absolute atomic E-state index is 0.0216. The standard InChI is InChI=1S/C22H30FNO9S/c1-11-24-13(10-34-11)8-16(23)12-5-6-14(25)3-2-4-17(27)19(29)20(30)21(31)22(32,33)18(28)9-15(26)7-12/h6,8,10,12,17-20,25,27-30,32-33H,2-5,7,9H2,1H3/b14-6+,16-8-/t12-,17+,18+,19+,20-/m1/s1. The molecule has 1 aromatic rings. The minimum atomic E-state index is -3.60. The first-order valence-electron chi connectivity index (χ1n) is 10.7. The van der Waals surface area contributed by atoms with Crippen LogP contribution in [0.4, 0.5) is 4.39 Å². The van der Waals surface area contributed by atoms with Crippen LogP contribution in [0.25, 0.3) is 6.08 Å².